The van der Waals surface area contributed by atoms with Gasteiger partial charge in [0.05, 0.1) is 6.42 Å². The molecule has 1 aliphatic rings. The quantitative estimate of drug-likeness (QED) is 0.810. The summed E-state index contributed by atoms with van der Waals surface area (Å²) in [5.74, 6) is -0.790. The summed E-state index contributed by atoms with van der Waals surface area (Å²) in [6.07, 6.45) is 1.60. The van der Waals surface area contributed by atoms with E-state index in [4.69, 9.17) is 9.84 Å². The van der Waals surface area contributed by atoms with Crippen molar-refractivity contribution in [2.24, 2.45) is 0 Å². The topological polar surface area (TPSA) is 78.9 Å². The first kappa shape index (κ1) is 15.8. The zero-order valence-corrected chi connectivity index (χ0v) is 11.9. The Bertz CT molecular complexity index is 325. The molecular formula is C13H24N2O4. The number of alkyl carbamates (subject to hydrolysis) is 1. The number of amides is 1. The van der Waals surface area contributed by atoms with E-state index in [1.807, 2.05) is 20.8 Å². The number of carboxylic acid groups (broad SMARTS) is 1. The number of aliphatic carboxylic acids is 1. The van der Waals surface area contributed by atoms with Crippen LogP contribution in [0.5, 0.6) is 0 Å². The van der Waals surface area contributed by atoms with Crippen LogP contribution in [0.25, 0.3) is 0 Å². The predicted octanol–water partition coefficient (Wildman–Crippen LogP) is 1.45. The van der Waals surface area contributed by atoms with Gasteiger partial charge in [-0.3, -0.25) is 4.79 Å². The first-order valence-corrected chi connectivity index (χ1v) is 6.70. The molecule has 1 atom stereocenters. The normalized spacial score (nSPS) is 20.9. The smallest absolute Gasteiger partial charge is 0.407 e. The average molecular weight is 272 g/mol. The maximum Gasteiger partial charge on any atom is 0.407 e. The molecule has 19 heavy (non-hydrogen) atoms. The Balaban J connectivity index is 2.34. The maximum absolute atomic E-state index is 11.7. The number of nitrogens with zero attached hydrogens (tertiary/aromatic N) is 1. The van der Waals surface area contributed by atoms with Crippen LogP contribution in [0.1, 0.15) is 40.0 Å². The number of nitrogens with one attached hydrogen (secondary N) is 1. The van der Waals surface area contributed by atoms with Gasteiger partial charge in [-0.1, -0.05) is 0 Å². The molecule has 2 N–H and O–H groups in total. The Morgan fingerprint density at radius 1 is 1.42 bits per heavy atom. The fourth-order valence-electron chi connectivity index (χ4n) is 2.10. The lowest BCUT2D eigenvalue weighted by Crippen LogP contribution is -2.49. The van der Waals surface area contributed by atoms with Gasteiger partial charge in [0.25, 0.3) is 0 Å². The van der Waals surface area contributed by atoms with Gasteiger partial charge in [0.2, 0.25) is 0 Å². The van der Waals surface area contributed by atoms with E-state index in [9.17, 15) is 9.59 Å². The third-order valence-electron chi connectivity index (χ3n) is 2.87. The van der Waals surface area contributed by atoms with Crippen LogP contribution in [0, 0.1) is 0 Å². The first-order valence-electron chi connectivity index (χ1n) is 6.70. The molecule has 1 rings (SSSR count). The lowest BCUT2D eigenvalue weighted by Gasteiger charge is -2.33. The number of hydrogen-bond donors (Lipinski definition) is 2. The first-order chi connectivity index (χ1) is 8.76. The molecule has 0 aromatic rings. The van der Waals surface area contributed by atoms with Gasteiger partial charge in [0.1, 0.15) is 5.60 Å². The minimum atomic E-state index is -0.790. The number of carbonyl (C=O) groups excluding carboxylic acids is 1. The van der Waals surface area contributed by atoms with Crippen LogP contribution in [-0.4, -0.2) is 53.3 Å². The van der Waals surface area contributed by atoms with Crippen LogP contribution in [0.3, 0.4) is 0 Å². The summed E-state index contributed by atoms with van der Waals surface area (Å²) in [4.78, 5) is 24.3. The molecule has 0 radical (unpaired) electrons. The lowest BCUT2D eigenvalue weighted by molar-refractivity contribution is -0.137. The highest BCUT2D eigenvalue weighted by molar-refractivity contribution is 5.68. The van der Waals surface area contributed by atoms with Crippen molar-refractivity contribution in [2.75, 3.05) is 19.6 Å². The highest BCUT2D eigenvalue weighted by atomic mass is 16.6. The molecule has 1 heterocycles. The molecule has 1 amide bonds. The zero-order chi connectivity index (χ0) is 14.5. The van der Waals surface area contributed by atoms with Crippen molar-refractivity contribution in [1.82, 2.24) is 10.2 Å². The van der Waals surface area contributed by atoms with Crippen molar-refractivity contribution < 1.29 is 19.4 Å². The molecule has 110 valence electrons. The molecule has 1 unspecified atom stereocenters. The monoisotopic (exact) mass is 272 g/mol. The number of likely N-dealkylation sites (tertiary alicyclic amines) is 1. The van der Waals surface area contributed by atoms with Crippen molar-refractivity contribution in [3.63, 3.8) is 0 Å². The molecule has 0 bridgehead atoms. The SMILES string of the molecule is CC(C)(C)OC(=O)NC1CCCN(CCC(=O)O)C1. The third kappa shape index (κ3) is 7.00. The largest absolute Gasteiger partial charge is 0.481 e. The van der Waals surface area contributed by atoms with E-state index >= 15 is 0 Å². The van der Waals surface area contributed by atoms with Crippen LogP contribution in [0.2, 0.25) is 0 Å². The van der Waals surface area contributed by atoms with Crippen molar-refractivity contribution in [3.05, 3.63) is 0 Å². The number of carboxylic acids is 1. The van der Waals surface area contributed by atoms with Crippen molar-refractivity contribution in [2.45, 2.75) is 51.7 Å². The Kier molecular flexibility index (Phi) is 5.60. The van der Waals surface area contributed by atoms with Crippen molar-refractivity contribution >= 4 is 12.1 Å². The van der Waals surface area contributed by atoms with Crippen molar-refractivity contribution in [3.8, 4) is 0 Å². The molecule has 1 saturated heterocycles. The van der Waals surface area contributed by atoms with Gasteiger partial charge in [-0.05, 0) is 40.2 Å². The second kappa shape index (κ2) is 6.75. The maximum atomic E-state index is 11.7. The molecule has 1 fully saturated rings. The lowest BCUT2D eigenvalue weighted by atomic mass is 10.1. The fourth-order valence-corrected chi connectivity index (χ4v) is 2.10. The number of rotatable bonds is 4. The van der Waals surface area contributed by atoms with Crippen LogP contribution >= 0.6 is 0 Å². The van der Waals surface area contributed by atoms with Crippen LogP contribution in [0.15, 0.2) is 0 Å². The van der Waals surface area contributed by atoms with Gasteiger partial charge >= 0.3 is 12.1 Å². The summed E-state index contributed by atoms with van der Waals surface area (Å²) in [7, 11) is 0. The summed E-state index contributed by atoms with van der Waals surface area (Å²) in [6.45, 7) is 7.58. The molecule has 0 spiro atoms. The fraction of sp³-hybridized carbons (Fsp3) is 0.846. The Morgan fingerprint density at radius 2 is 2.11 bits per heavy atom. The predicted molar refractivity (Wildman–Crippen MR) is 71.1 cm³/mol. The van der Waals surface area contributed by atoms with Crippen LogP contribution < -0.4 is 5.32 Å². The highest BCUT2D eigenvalue weighted by Crippen LogP contribution is 2.12. The Morgan fingerprint density at radius 3 is 2.68 bits per heavy atom. The van der Waals surface area contributed by atoms with Gasteiger partial charge in [-0.15, -0.1) is 0 Å². The van der Waals surface area contributed by atoms with Gasteiger partial charge in [0.15, 0.2) is 0 Å². The van der Waals surface area contributed by atoms with E-state index in [-0.39, 0.29) is 12.5 Å². The summed E-state index contributed by atoms with van der Waals surface area (Å²) in [5, 5.41) is 11.5. The average Bonchev–Trinajstić information content (AvgIpc) is 2.24. The second-order valence-electron chi connectivity index (χ2n) is 5.93. The van der Waals surface area contributed by atoms with E-state index in [0.717, 1.165) is 19.4 Å². The minimum absolute atomic E-state index is 0.0393. The zero-order valence-electron chi connectivity index (χ0n) is 11.9. The highest BCUT2D eigenvalue weighted by Gasteiger charge is 2.24. The van der Waals surface area contributed by atoms with Crippen molar-refractivity contribution in [1.29, 1.82) is 0 Å². The Labute approximate surface area is 114 Å². The van der Waals surface area contributed by atoms with E-state index in [1.54, 1.807) is 0 Å². The van der Waals surface area contributed by atoms with E-state index in [0.29, 0.717) is 13.1 Å². The summed E-state index contributed by atoms with van der Waals surface area (Å²) in [5.41, 5.74) is -0.498. The van der Waals surface area contributed by atoms with Gasteiger partial charge in [-0.25, -0.2) is 4.79 Å². The molecule has 0 aromatic heterocycles. The molecule has 6 heteroatoms. The van der Waals surface area contributed by atoms with E-state index in [2.05, 4.69) is 10.2 Å². The number of ether oxygens (including phenoxy) is 1. The van der Waals surface area contributed by atoms with E-state index < -0.39 is 17.7 Å². The molecular weight excluding hydrogens is 248 g/mol. The van der Waals surface area contributed by atoms with Gasteiger partial charge in [-0.2, -0.15) is 0 Å². The summed E-state index contributed by atoms with van der Waals surface area (Å²) in [6, 6.07) is 0.0393. The molecule has 1 aliphatic heterocycles. The van der Waals surface area contributed by atoms with Gasteiger partial charge in [0, 0.05) is 19.1 Å². The third-order valence-corrected chi connectivity index (χ3v) is 2.87. The molecule has 0 aromatic carbocycles. The summed E-state index contributed by atoms with van der Waals surface area (Å²) < 4.78 is 5.21. The number of hydrogen-bond acceptors (Lipinski definition) is 4. The Hall–Kier alpha value is -1.30. The minimum Gasteiger partial charge on any atom is -0.481 e. The van der Waals surface area contributed by atoms with Crippen LogP contribution in [0.4, 0.5) is 4.79 Å². The number of carbonyl (C=O) groups is 2. The summed E-state index contributed by atoms with van der Waals surface area (Å²) >= 11 is 0. The molecule has 0 saturated carbocycles. The number of piperidine rings is 1. The van der Waals surface area contributed by atoms with Crippen LogP contribution in [-0.2, 0) is 9.53 Å². The molecule has 6 nitrogen and oxygen atoms in total. The standard InChI is InChI=1S/C13H24N2O4/c1-13(2,3)19-12(18)14-10-5-4-7-15(9-10)8-6-11(16)17/h10H,4-9H2,1-3H3,(H,14,18)(H,16,17). The second-order valence-corrected chi connectivity index (χ2v) is 5.93. The van der Waals surface area contributed by atoms with E-state index in [1.165, 1.54) is 0 Å². The van der Waals surface area contributed by atoms with Gasteiger partial charge < -0.3 is 20.1 Å². The molecule has 0 aliphatic carbocycles.